The van der Waals surface area contributed by atoms with E-state index in [4.69, 9.17) is 11.6 Å². The monoisotopic (exact) mass is 345 g/mol. The maximum Gasteiger partial charge on any atom is 0.257 e. The second-order valence-electron chi connectivity index (χ2n) is 4.70. The number of nitrogens with one attached hydrogen (secondary N) is 2. The van der Waals surface area contributed by atoms with E-state index in [-0.39, 0.29) is 17.7 Å². The van der Waals surface area contributed by atoms with Crippen molar-refractivity contribution >= 4 is 55.8 Å². The first-order valence-electron chi connectivity index (χ1n) is 6.78. The van der Waals surface area contributed by atoms with Crippen LogP contribution in [0, 0.1) is 0 Å². The minimum atomic E-state index is -0.270. The highest BCUT2D eigenvalue weighted by Crippen LogP contribution is 2.28. The van der Waals surface area contributed by atoms with E-state index in [1.54, 1.807) is 42.5 Å². The van der Waals surface area contributed by atoms with Gasteiger partial charge in [-0.25, -0.2) is 4.98 Å². The number of hydrogen-bond acceptors (Lipinski definition) is 4. The summed E-state index contributed by atoms with van der Waals surface area (Å²) in [6.45, 7) is 0. The number of nitrogens with zero attached hydrogens (tertiary/aromatic N) is 1. The van der Waals surface area contributed by atoms with Gasteiger partial charge in [-0.15, -0.1) is 11.6 Å². The van der Waals surface area contributed by atoms with Crippen molar-refractivity contribution in [3.8, 4) is 0 Å². The van der Waals surface area contributed by atoms with Crippen LogP contribution in [0.15, 0.2) is 48.5 Å². The van der Waals surface area contributed by atoms with E-state index in [1.165, 1.54) is 11.3 Å². The molecule has 0 fully saturated rings. The van der Waals surface area contributed by atoms with Crippen LogP contribution in [0.5, 0.6) is 0 Å². The summed E-state index contributed by atoms with van der Waals surface area (Å²) in [6, 6.07) is 14.3. The molecule has 0 saturated heterocycles. The molecule has 0 radical (unpaired) electrons. The molecule has 2 N–H and O–H groups in total. The fourth-order valence-electron chi connectivity index (χ4n) is 2.01. The van der Waals surface area contributed by atoms with Gasteiger partial charge in [-0.3, -0.25) is 14.9 Å². The topological polar surface area (TPSA) is 71.1 Å². The second-order valence-corrected chi connectivity index (χ2v) is 6.00. The standard InChI is InChI=1S/C16H12ClN3O2S/c17-9-14(21)18-11-6-7-12-13(8-11)23-16(19-12)20-15(22)10-4-2-1-3-5-10/h1-8H,9H2,(H,18,21)(H,19,20,22). The number of rotatable bonds is 4. The number of alkyl halides is 1. The Hall–Kier alpha value is -2.44. The summed E-state index contributed by atoms with van der Waals surface area (Å²) < 4.78 is 0.862. The Balaban J connectivity index is 1.80. The number of thiazole rings is 1. The lowest BCUT2D eigenvalue weighted by Crippen LogP contribution is -2.12. The van der Waals surface area contributed by atoms with Gasteiger partial charge in [0.2, 0.25) is 5.91 Å². The number of anilines is 2. The van der Waals surface area contributed by atoms with Gasteiger partial charge < -0.3 is 5.32 Å². The Labute approximate surface area is 141 Å². The molecule has 0 spiro atoms. The van der Waals surface area contributed by atoms with Crippen molar-refractivity contribution < 1.29 is 9.59 Å². The minimum Gasteiger partial charge on any atom is -0.325 e. The predicted octanol–water partition coefficient (Wildman–Crippen LogP) is 3.73. The molecule has 1 heterocycles. The Morgan fingerprint density at radius 1 is 1.09 bits per heavy atom. The molecule has 0 saturated carbocycles. The third kappa shape index (κ3) is 3.67. The average Bonchev–Trinajstić information content (AvgIpc) is 2.97. The van der Waals surface area contributed by atoms with Crippen LogP contribution in [-0.4, -0.2) is 22.7 Å². The summed E-state index contributed by atoms with van der Waals surface area (Å²) >= 11 is 6.81. The summed E-state index contributed by atoms with van der Waals surface area (Å²) in [5.41, 5.74) is 1.97. The molecule has 0 aliphatic rings. The lowest BCUT2D eigenvalue weighted by Gasteiger charge is -2.01. The van der Waals surface area contributed by atoms with Crippen molar-refractivity contribution in [1.29, 1.82) is 0 Å². The van der Waals surface area contributed by atoms with Crippen LogP contribution < -0.4 is 10.6 Å². The Morgan fingerprint density at radius 2 is 1.87 bits per heavy atom. The summed E-state index contributed by atoms with van der Waals surface area (Å²) in [6.07, 6.45) is 0. The van der Waals surface area contributed by atoms with Gasteiger partial charge in [-0.1, -0.05) is 29.5 Å². The molecule has 116 valence electrons. The number of carbonyl (C=O) groups is 2. The van der Waals surface area contributed by atoms with Crippen molar-refractivity contribution in [2.75, 3.05) is 16.5 Å². The van der Waals surface area contributed by atoms with E-state index in [9.17, 15) is 9.59 Å². The van der Waals surface area contributed by atoms with Crippen molar-refractivity contribution in [3.63, 3.8) is 0 Å². The van der Waals surface area contributed by atoms with Crippen LogP contribution in [0.3, 0.4) is 0 Å². The van der Waals surface area contributed by atoms with Crippen molar-refractivity contribution in [3.05, 3.63) is 54.1 Å². The SMILES string of the molecule is O=C(CCl)Nc1ccc2nc(NC(=O)c3ccccc3)sc2c1. The predicted molar refractivity (Wildman–Crippen MR) is 93.4 cm³/mol. The molecule has 0 aliphatic carbocycles. The smallest absolute Gasteiger partial charge is 0.257 e. The number of benzene rings is 2. The molecule has 3 aromatic rings. The van der Waals surface area contributed by atoms with Gasteiger partial charge in [0.25, 0.3) is 5.91 Å². The van der Waals surface area contributed by atoms with E-state index in [1.807, 2.05) is 6.07 Å². The summed E-state index contributed by atoms with van der Waals surface area (Å²) in [7, 11) is 0. The molecule has 0 unspecified atom stereocenters. The van der Waals surface area contributed by atoms with Crippen LogP contribution in [0.25, 0.3) is 10.2 Å². The van der Waals surface area contributed by atoms with E-state index >= 15 is 0 Å². The molecule has 0 bridgehead atoms. The third-order valence-electron chi connectivity index (χ3n) is 3.05. The molecule has 7 heteroatoms. The van der Waals surface area contributed by atoms with E-state index in [0.717, 1.165) is 10.2 Å². The van der Waals surface area contributed by atoms with Gasteiger partial charge in [0, 0.05) is 11.3 Å². The molecule has 5 nitrogen and oxygen atoms in total. The highest BCUT2D eigenvalue weighted by Gasteiger charge is 2.10. The number of amides is 2. The van der Waals surface area contributed by atoms with Gasteiger partial charge in [-0.2, -0.15) is 0 Å². The number of carbonyl (C=O) groups excluding carboxylic acids is 2. The maximum absolute atomic E-state index is 12.1. The molecular weight excluding hydrogens is 334 g/mol. The van der Waals surface area contributed by atoms with Crippen molar-refractivity contribution in [1.82, 2.24) is 4.98 Å². The van der Waals surface area contributed by atoms with Crippen LogP contribution in [0.1, 0.15) is 10.4 Å². The fourth-order valence-corrected chi connectivity index (χ4v) is 2.98. The van der Waals surface area contributed by atoms with Gasteiger partial charge in [-0.05, 0) is 30.3 Å². The zero-order valence-corrected chi connectivity index (χ0v) is 13.4. The molecule has 3 rings (SSSR count). The van der Waals surface area contributed by atoms with Gasteiger partial charge >= 0.3 is 0 Å². The normalized spacial score (nSPS) is 10.5. The maximum atomic E-state index is 12.1. The number of aromatic nitrogens is 1. The van der Waals surface area contributed by atoms with Crippen molar-refractivity contribution in [2.24, 2.45) is 0 Å². The Bertz CT molecular complexity index is 864. The number of halogens is 1. The third-order valence-corrected chi connectivity index (χ3v) is 4.23. The molecule has 0 atom stereocenters. The zero-order valence-electron chi connectivity index (χ0n) is 11.9. The Kier molecular flexibility index (Phi) is 4.55. The molecule has 0 aliphatic heterocycles. The van der Waals surface area contributed by atoms with Gasteiger partial charge in [0.1, 0.15) is 5.88 Å². The first-order valence-corrected chi connectivity index (χ1v) is 8.13. The first-order chi connectivity index (χ1) is 11.2. The summed E-state index contributed by atoms with van der Waals surface area (Å²) in [5, 5.41) is 5.97. The van der Waals surface area contributed by atoms with Crippen molar-refractivity contribution in [2.45, 2.75) is 0 Å². The van der Waals surface area contributed by atoms with Gasteiger partial charge in [0.05, 0.1) is 10.2 Å². The quantitative estimate of drug-likeness (QED) is 0.708. The van der Waals surface area contributed by atoms with Crippen LogP contribution in [-0.2, 0) is 4.79 Å². The van der Waals surface area contributed by atoms with Crippen LogP contribution in [0.4, 0.5) is 10.8 Å². The Morgan fingerprint density at radius 3 is 2.61 bits per heavy atom. The summed E-state index contributed by atoms with van der Waals surface area (Å²) in [4.78, 5) is 27.8. The highest BCUT2D eigenvalue weighted by molar-refractivity contribution is 7.22. The lowest BCUT2D eigenvalue weighted by molar-refractivity contribution is -0.113. The number of fused-ring (bicyclic) bond motifs is 1. The van der Waals surface area contributed by atoms with Crippen LogP contribution >= 0.6 is 22.9 Å². The summed E-state index contributed by atoms with van der Waals surface area (Å²) in [5.74, 6) is -0.576. The molecule has 2 aromatic carbocycles. The fraction of sp³-hybridized carbons (Fsp3) is 0.0625. The molecule has 1 aromatic heterocycles. The van der Waals surface area contributed by atoms with Gasteiger partial charge in [0.15, 0.2) is 5.13 Å². The molecule has 2 amide bonds. The second kappa shape index (κ2) is 6.76. The van der Waals surface area contributed by atoms with E-state index in [2.05, 4.69) is 15.6 Å². The minimum absolute atomic E-state index is 0.0981. The molecular formula is C16H12ClN3O2S. The average molecular weight is 346 g/mol. The zero-order chi connectivity index (χ0) is 16.2. The van der Waals surface area contributed by atoms with E-state index in [0.29, 0.717) is 16.4 Å². The first kappa shape index (κ1) is 15.5. The molecule has 23 heavy (non-hydrogen) atoms. The lowest BCUT2D eigenvalue weighted by atomic mass is 10.2. The highest BCUT2D eigenvalue weighted by atomic mass is 35.5. The van der Waals surface area contributed by atoms with E-state index < -0.39 is 0 Å². The number of hydrogen-bond donors (Lipinski definition) is 2. The van der Waals surface area contributed by atoms with Crippen LogP contribution in [0.2, 0.25) is 0 Å². The largest absolute Gasteiger partial charge is 0.325 e.